The lowest BCUT2D eigenvalue weighted by molar-refractivity contribution is -0.384. The zero-order chi connectivity index (χ0) is 13.8. The SMILES string of the molecule is O=C(O)c1cc([N+](=O)[O-])ccc1SCc1ccco1. The highest BCUT2D eigenvalue weighted by Crippen LogP contribution is 2.29. The fourth-order valence-electron chi connectivity index (χ4n) is 1.47. The molecule has 0 aliphatic carbocycles. The van der Waals surface area contributed by atoms with Crippen LogP contribution in [0.3, 0.4) is 0 Å². The minimum atomic E-state index is -1.19. The van der Waals surface area contributed by atoms with Gasteiger partial charge in [-0.1, -0.05) is 0 Å². The molecule has 6 nitrogen and oxygen atoms in total. The first-order valence-corrected chi connectivity index (χ1v) is 6.23. The third-order valence-corrected chi connectivity index (χ3v) is 3.45. The fraction of sp³-hybridized carbons (Fsp3) is 0.0833. The Morgan fingerprint density at radius 3 is 2.79 bits per heavy atom. The van der Waals surface area contributed by atoms with E-state index in [1.165, 1.54) is 30.2 Å². The summed E-state index contributed by atoms with van der Waals surface area (Å²) < 4.78 is 5.14. The first-order valence-electron chi connectivity index (χ1n) is 5.25. The van der Waals surface area contributed by atoms with Crippen LogP contribution in [-0.2, 0) is 5.75 Å². The van der Waals surface area contributed by atoms with Crippen molar-refractivity contribution in [3.63, 3.8) is 0 Å². The third-order valence-electron chi connectivity index (χ3n) is 2.35. The first-order chi connectivity index (χ1) is 9.08. The van der Waals surface area contributed by atoms with Crippen LogP contribution in [0.25, 0.3) is 0 Å². The molecular weight excluding hydrogens is 270 g/mol. The number of nitro benzene ring substituents is 1. The number of nitro groups is 1. The second-order valence-corrected chi connectivity index (χ2v) is 4.63. The van der Waals surface area contributed by atoms with Gasteiger partial charge in [0.15, 0.2) is 0 Å². The molecule has 19 heavy (non-hydrogen) atoms. The molecule has 2 aromatic rings. The Bertz CT molecular complexity index is 609. The molecule has 0 unspecified atom stereocenters. The highest BCUT2D eigenvalue weighted by Gasteiger charge is 2.16. The number of thioether (sulfide) groups is 1. The zero-order valence-corrected chi connectivity index (χ0v) is 10.4. The van der Waals surface area contributed by atoms with Crippen molar-refractivity contribution in [2.24, 2.45) is 0 Å². The maximum Gasteiger partial charge on any atom is 0.337 e. The van der Waals surface area contributed by atoms with Gasteiger partial charge in [-0.05, 0) is 18.2 Å². The molecule has 7 heteroatoms. The van der Waals surface area contributed by atoms with Crippen LogP contribution in [0.5, 0.6) is 0 Å². The van der Waals surface area contributed by atoms with Crippen LogP contribution in [0.15, 0.2) is 45.9 Å². The van der Waals surface area contributed by atoms with E-state index >= 15 is 0 Å². The Labute approximate surface area is 112 Å². The summed E-state index contributed by atoms with van der Waals surface area (Å²) in [5.74, 6) is -0.0178. The molecule has 98 valence electrons. The van der Waals surface area contributed by atoms with Gasteiger partial charge in [-0.15, -0.1) is 11.8 Å². The molecule has 1 aromatic heterocycles. The van der Waals surface area contributed by atoms with Crippen LogP contribution >= 0.6 is 11.8 Å². The van der Waals surface area contributed by atoms with Crippen LogP contribution in [0, 0.1) is 10.1 Å². The van der Waals surface area contributed by atoms with Gasteiger partial charge < -0.3 is 9.52 Å². The van der Waals surface area contributed by atoms with Crippen LogP contribution in [0.2, 0.25) is 0 Å². The second kappa shape index (κ2) is 5.57. The van der Waals surface area contributed by atoms with Crippen molar-refractivity contribution in [1.82, 2.24) is 0 Å². The topological polar surface area (TPSA) is 93.6 Å². The van der Waals surface area contributed by atoms with Gasteiger partial charge in [0.05, 0.1) is 22.5 Å². The van der Waals surface area contributed by atoms with Gasteiger partial charge in [0, 0.05) is 17.0 Å². The quantitative estimate of drug-likeness (QED) is 0.513. The summed E-state index contributed by atoms with van der Waals surface area (Å²) >= 11 is 1.26. The largest absolute Gasteiger partial charge is 0.478 e. The number of aromatic carboxylic acids is 1. The maximum atomic E-state index is 11.1. The maximum absolute atomic E-state index is 11.1. The van der Waals surface area contributed by atoms with E-state index in [1.807, 2.05) is 0 Å². The third kappa shape index (κ3) is 3.14. The Morgan fingerprint density at radius 1 is 1.42 bits per heavy atom. The predicted molar refractivity (Wildman–Crippen MR) is 68.3 cm³/mol. The first kappa shape index (κ1) is 13.2. The number of non-ortho nitro benzene ring substituents is 1. The summed E-state index contributed by atoms with van der Waals surface area (Å²) in [6.07, 6.45) is 1.53. The zero-order valence-electron chi connectivity index (χ0n) is 9.61. The molecule has 1 heterocycles. The minimum absolute atomic E-state index is 0.0780. The van der Waals surface area contributed by atoms with E-state index in [-0.39, 0.29) is 11.3 Å². The number of nitrogens with zero attached hydrogens (tertiary/aromatic N) is 1. The predicted octanol–water partition coefficient (Wildman–Crippen LogP) is 3.18. The number of carbonyl (C=O) groups is 1. The van der Waals surface area contributed by atoms with E-state index in [4.69, 9.17) is 9.52 Å². The molecule has 2 rings (SSSR count). The number of hydrogen-bond acceptors (Lipinski definition) is 5. The Morgan fingerprint density at radius 2 is 2.21 bits per heavy atom. The number of hydrogen-bond donors (Lipinski definition) is 1. The van der Waals surface area contributed by atoms with Crippen molar-refractivity contribution in [2.45, 2.75) is 10.6 Å². The number of furan rings is 1. The van der Waals surface area contributed by atoms with E-state index in [0.717, 1.165) is 6.07 Å². The molecule has 0 spiro atoms. The highest BCUT2D eigenvalue weighted by atomic mass is 32.2. The van der Waals surface area contributed by atoms with Crippen LogP contribution in [0.1, 0.15) is 16.1 Å². The molecule has 1 aromatic carbocycles. The summed E-state index contributed by atoms with van der Waals surface area (Å²) in [5.41, 5.74) is -0.314. The lowest BCUT2D eigenvalue weighted by Crippen LogP contribution is -2.00. The molecule has 0 radical (unpaired) electrons. The van der Waals surface area contributed by atoms with E-state index in [1.54, 1.807) is 12.1 Å². The summed E-state index contributed by atoms with van der Waals surface area (Å²) in [6, 6.07) is 7.31. The van der Waals surface area contributed by atoms with Crippen molar-refractivity contribution in [3.05, 3.63) is 58.0 Å². The molecule has 0 fully saturated rings. The van der Waals surface area contributed by atoms with Gasteiger partial charge >= 0.3 is 5.97 Å². The normalized spacial score (nSPS) is 10.3. The van der Waals surface area contributed by atoms with Gasteiger partial charge in [-0.3, -0.25) is 10.1 Å². The minimum Gasteiger partial charge on any atom is -0.478 e. The smallest absolute Gasteiger partial charge is 0.337 e. The molecule has 0 amide bonds. The van der Waals surface area contributed by atoms with E-state index < -0.39 is 10.9 Å². The van der Waals surface area contributed by atoms with Gasteiger partial charge in [-0.2, -0.15) is 0 Å². The van der Waals surface area contributed by atoms with Gasteiger partial charge in [-0.25, -0.2) is 4.79 Å². The Balaban J connectivity index is 2.24. The summed E-state index contributed by atoms with van der Waals surface area (Å²) in [7, 11) is 0. The number of carboxylic acids is 1. The van der Waals surface area contributed by atoms with E-state index in [0.29, 0.717) is 16.4 Å². The van der Waals surface area contributed by atoms with Gasteiger partial charge in [0.25, 0.3) is 5.69 Å². The highest BCUT2D eigenvalue weighted by molar-refractivity contribution is 7.98. The average molecular weight is 279 g/mol. The molecule has 0 aliphatic heterocycles. The number of carboxylic acid groups (broad SMARTS) is 1. The molecule has 0 saturated carbocycles. The van der Waals surface area contributed by atoms with Gasteiger partial charge in [0.2, 0.25) is 0 Å². The Hall–Kier alpha value is -2.28. The number of benzene rings is 1. The lowest BCUT2D eigenvalue weighted by Gasteiger charge is -2.04. The average Bonchev–Trinajstić information content (AvgIpc) is 2.89. The summed E-state index contributed by atoms with van der Waals surface area (Å²) in [6.45, 7) is 0. The van der Waals surface area contributed by atoms with Crippen LogP contribution in [-0.4, -0.2) is 16.0 Å². The molecular formula is C12H9NO5S. The van der Waals surface area contributed by atoms with Crippen molar-refractivity contribution in [2.75, 3.05) is 0 Å². The molecule has 0 aliphatic rings. The lowest BCUT2D eigenvalue weighted by atomic mass is 10.2. The van der Waals surface area contributed by atoms with Crippen LogP contribution < -0.4 is 0 Å². The molecule has 0 saturated heterocycles. The fourth-order valence-corrected chi connectivity index (χ4v) is 2.40. The summed E-state index contributed by atoms with van der Waals surface area (Å²) in [4.78, 5) is 21.6. The molecule has 0 bridgehead atoms. The van der Waals surface area contributed by atoms with Crippen molar-refractivity contribution < 1.29 is 19.2 Å². The Kier molecular flexibility index (Phi) is 3.86. The van der Waals surface area contributed by atoms with E-state index in [2.05, 4.69) is 0 Å². The molecule has 1 N–H and O–H groups in total. The molecule has 0 atom stereocenters. The van der Waals surface area contributed by atoms with Crippen molar-refractivity contribution >= 4 is 23.4 Å². The standard InChI is InChI=1S/C12H9NO5S/c14-12(15)10-6-8(13(16)17)3-4-11(10)19-7-9-2-1-5-18-9/h1-6H,7H2,(H,14,15). The van der Waals surface area contributed by atoms with E-state index in [9.17, 15) is 14.9 Å². The van der Waals surface area contributed by atoms with Crippen LogP contribution in [0.4, 0.5) is 5.69 Å². The van der Waals surface area contributed by atoms with Crippen molar-refractivity contribution in [3.8, 4) is 0 Å². The van der Waals surface area contributed by atoms with Gasteiger partial charge in [0.1, 0.15) is 5.76 Å². The second-order valence-electron chi connectivity index (χ2n) is 3.61. The summed E-state index contributed by atoms with van der Waals surface area (Å²) in [5, 5.41) is 19.7. The van der Waals surface area contributed by atoms with Crippen molar-refractivity contribution in [1.29, 1.82) is 0 Å². The monoisotopic (exact) mass is 279 g/mol. The number of rotatable bonds is 5.